The maximum absolute atomic E-state index is 10.6. The van der Waals surface area contributed by atoms with Crippen molar-refractivity contribution >= 4 is 11.7 Å². The molecule has 5 nitrogen and oxygen atoms in total. The topological polar surface area (TPSA) is 58.4 Å². The van der Waals surface area contributed by atoms with Crippen LogP contribution in [0.4, 0.5) is 5.69 Å². The SMILES string of the molecule is CN(C)c1ccccc1-c1cnn(CC(=O)O)c1. The van der Waals surface area contributed by atoms with E-state index < -0.39 is 5.97 Å². The number of carbonyl (C=O) groups is 1. The smallest absolute Gasteiger partial charge is 0.325 e. The van der Waals surface area contributed by atoms with Crippen molar-refractivity contribution in [1.82, 2.24) is 9.78 Å². The minimum absolute atomic E-state index is 0.121. The van der Waals surface area contributed by atoms with Crippen molar-refractivity contribution in [2.24, 2.45) is 0 Å². The summed E-state index contributed by atoms with van der Waals surface area (Å²) in [6.07, 6.45) is 3.43. The zero-order chi connectivity index (χ0) is 13.1. The van der Waals surface area contributed by atoms with E-state index in [1.165, 1.54) is 4.68 Å². The van der Waals surface area contributed by atoms with Gasteiger partial charge in [-0.25, -0.2) is 0 Å². The van der Waals surface area contributed by atoms with Gasteiger partial charge in [0.15, 0.2) is 0 Å². The van der Waals surface area contributed by atoms with Gasteiger partial charge >= 0.3 is 5.97 Å². The van der Waals surface area contributed by atoms with Gasteiger partial charge in [0.2, 0.25) is 0 Å². The minimum Gasteiger partial charge on any atom is -0.480 e. The lowest BCUT2D eigenvalue weighted by atomic mass is 10.1. The first kappa shape index (κ1) is 12.2. The Balaban J connectivity index is 2.37. The van der Waals surface area contributed by atoms with Crippen LogP contribution in [0.2, 0.25) is 0 Å². The van der Waals surface area contributed by atoms with E-state index in [1.54, 1.807) is 12.4 Å². The fraction of sp³-hybridized carbons (Fsp3) is 0.231. The molecule has 0 fully saturated rings. The monoisotopic (exact) mass is 245 g/mol. The molecule has 0 radical (unpaired) electrons. The van der Waals surface area contributed by atoms with E-state index in [9.17, 15) is 4.79 Å². The summed E-state index contributed by atoms with van der Waals surface area (Å²) in [6, 6.07) is 7.94. The Labute approximate surface area is 105 Å². The standard InChI is InChI=1S/C13H15N3O2/c1-15(2)12-6-4-3-5-11(12)10-7-14-16(8-10)9-13(17)18/h3-8H,9H2,1-2H3,(H,17,18). The molecule has 0 aliphatic carbocycles. The number of rotatable bonds is 4. The van der Waals surface area contributed by atoms with E-state index in [0.29, 0.717) is 0 Å². The number of aliphatic carboxylic acids is 1. The van der Waals surface area contributed by atoms with E-state index in [0.717, 1.165) is 16.8 Å². The van der Waals surface area contributed by atoms with Gasteiger partial charge in [0, 0.05) is 37.1 Å². The zero-order valence-corrected chi connectivity index (χ0v) is 10.4. The van der Waals surface area contributed by atoms with Crippen LogP contribution in [0, 0.1) is 0 Å². The Hall–Kier alpha value is -2.30. The number of carboxylic acids is 1. The fourth-order valence-corrected chi connectivity index (χ4v) is 1.84. The van der Waals surface area contributed by atoms with Gasteiger partial charge in [-0.3, -0.25) is 9.48 Å². The number of hydrogen-bond acceptors (Lipinski definition) is 3. The van der Waals surface area contributed by atoms with Crippen molar-refractivity contribution in [3.8, 4) is 11.1 Å². The zero-order valence-electron chi connectivity index (χ0n) is 10.4. The summed E-state index contributed by atoms with van der Waals surface area (Å²) in [5.74, 6) is -0.898. The Morgan fingerprint density at radius 1 is 1.39 bits per heavy atom. The molecule has 0 unspecified atom stereocenters. The van der Waals surface area contributed by atoms with E-state index in [-0.39, 0.29) is 6.54 Å². The first-order valence-electron chi connectivity index (χ1n) is 5.59. The summed E-state index contributed by atoms with van der Waals surface area (Å²) < 4.78 is 1.42. The second-order valence-electron chi connectivity index (χ2n) is 4.23. The first-order valence-corrected chi connectivity index (χ1v) is 5.59. The average molecular weight is 245 g/mol. The maximum atomic E-state index is 10.6. The Kier molecular flexibility index (Phi) is 3.32. The number of carboxylic acid groups (broad SMARTS) is 1. The van der Waals surface area contributed by atoms with E-state index in [4.69, 9.17) is 5.11 Å². The van der Waals surface area contributed by atoms with Crippen LogP contribution in [0.3, 0.4) is 0 Å². The van der Waals surface area contributed by atoms with Crippen LogP contribution in [0.1, 0.15) is 0 Å². The highest BCUT2D eigenvalue weighted by atomic mass is 16.4. The molecule has 94 valence electrons. The molecule has 1 aromatic heterocycles. The molecule has 0 aliphatic heterocycles. The van der Waals surface area contributed by atoms with Crippen LogP contribution >= 0.6 is 0 Å². The van der Waals surface area contributed by atoms with E-state index in [2.05, 4.69) is 5.10 Å². The van der Waals surface area contributed by atoms with Crippen LogP contribution in [-0.2, 0) is 11.3 Å². The van der Waals surface area contributed by atoms with E-state index in [1.807, 2.05) is 43.3 Å². The van der Waals surface area contributed by atoms with Crippen molar-refractivity contribution in [3.05, 3.63) is 36.7 Å². The predicted octanol–water partition coefficient (Wildman–Crippen LogP) is 1.70. The van der Waals surface area contributed by atoms with Gasteiger partial charge < -0.3 is 10.0 Å². The average Bonchev–Trinajstić information content (AvgIpc) is 2.76. The van der Waals surface area contributed by atoms with Crippen molar-refractivity contribution in [2.75, 3.05) is 19.0 Å². The molecule has 0 saturated heterocycles. The summed E-state index contributed by atoms with van der Waals surface area (Å²) in [4.78, 5) is 12.6. The second kappa shape index (κ2) is 4.91. The molecule has 1 N–H and O–H groups in total. The molecule has 0 saturated carbocycles. The quantitative estimate of drug-likeness (QED) is 0.890. The molecular formula is C13H15N3O2. The van der Waals surface area contributed by atoms with Crippen LogP contribution in [0.5, 0.6) is 0 Å². The Morgan fingerprint density at radius 3 is 2.78 bits per heavy atom. The van der Waals surface area contributed by atoms with Gasteiger partial charge in [-0.1, -0.05) is 18.2 Å². The molecule has 5 heteroatoms. The molecule has 0 atom stereocenters. The fourth-order valence-electron chi connectivity index (χ4n) is 1.84. The largest absolute Gasteiger partial charge is 0.480 e. The van der Waals surface area contributed by atoms with Crippen LogP contribution in [0.15, 0.2) is 36.7 Å². The molecule has 0 amide bonds. The van der Waals surface area contributed by atoms with Crippen LogP contribution in [0.25, 0.3) is 11.1 Å². The maximum Gasteiger partial charge on any atom is 0.325 e. The summed E-state index contributed by atoms with van der Waals surface area (Å²) in [7, 11) is 3.95. The normalized spacial score (nSPS) is 10.3. The van der Waals surface area contributed by atoms with Crippen LogP contribution < -0.4 is 4.90 Å². The summed E-state index contributed by atoms with van der Waals surface area (Å²) in [6.45, 7) is -0.121. The molecule has 1 heterocycles. The third-order valence-electron chi connectivity index (χ3n) is 2.63. The number of anilines is 1. The number of aromatic nitrogens is 2. The van der Waals surface area contributed by atoms with Gasteiger partial charge in [-0.05, 0) is 6.07 Å². The molecule has 2 rings (SSSR count). The predicted molar refractivity (Wildman–Crippen MR) is 69.6 cm³/mol. The Morgan fingerprint density at radius 2 is 2.11 bits per heavy atom. The van der Waals surface area contributed by atoms with Crippen molar-refractivity contribution < 1.29 is 9.90 Å². The first-order chi connectivity index (χ1) is 8.58. The van der Waals surface area contributed by atoms with Gasteiger partial charge in [0.05, 0.1) is 6.20 Å². The number of para-hydroxylation sites is 1. The molecule has 18 heavy (non-hydrogen) atoms. The molecule has 1 aromatic carbocycles. The van der Waals surface area contributed by atoms with Gasteiger partial charge in [-0.2, -0.15) is 5.10 Å². The lowest BCUT2D eigenvalue weighted by Crippen LogP contribution is -2.10. The Bertz CT molecular complexity index is 561. The third kappa shape index (κ3) is 2.51. The van der Waals surface area contributed by atoms with E-state index >= 15 is 0 Å². The summed E-state index contributed by atoms with van der Waals surface area (Å²) >= 11 is 0. The number of hydrogen-bond donors (Lipinski definition) is 1. The number of nitrogens with zero attached hydrogens (tertiary/aromatic N) is 3. The van der Waals surface area contributed by atoms with Gasteiger partial charge in [0.25, 0.3) is 0 Å². The minimum atomic E-state index is -0.898. The highest BCUT2D eigenvalue weighted by Crippen LogP contribution is 2.28. The second-order valence-corrected chi connectivity index (χ2v) is 4.23. The van der Waals surface area contributed by atoms with Crippen molar-refractivity contribution in [3.63, 3.8) is 0 Å². The molecule has 0 spiro atoms. The molecule has 0 bridgehead atoms. The lowest BCUT2D eigenvalue weighted by Gasteiger charge is -2.16. The van der Waals surface area contributed by atoms with Gasteiger partial charge in [-0.15, -0.1) is 0 Å². The van der Waals surface area contributed by atoms with Gasteiger partial charge in [0.1, 0.15) is 6.54 Å². The molecular weight excluding hydrogens is 230 g/mol. The number of benzene rings is 1. The highest BCUT2D eigenvalue weighted by molar-refractivity contribution is 5.77. The highest BCUT2D eigenvalue weighted by Gasteiger charge is 2.09. The summed E-state index contributed by atoms with van der Waals surface area (Å²) in [5.41, 5.74) is 3.03. The summed E-state index contributed by atoms with van der Waals surface area (Å²) in [5, 5.41) is 12.8. The third-order valence-corrected chi connectivity index (χ3v) is 2.63. The molecule has 0 aliphatic rings. The van der Waals surface area contributed by atoms with Crippen LogP contribution in [-0.4, -0.2) is 35.0 Å². The lowest BCUT2D eigenvalue weighted by molar-refractivity contribution is -0.137. The molecule has 2 aromatic rings. The van der Waals surface area contributed by atoms with Crippen molar-refractivity contribution in [1.29, 1.82) is 0 Å². The van der Waals surface area contributed by atoms with Crippen molar-refractivity contribution in [2.45, 2.75) is 6.54 Å².